The Kier molecular flexibility index (Phi) is 4.82. The van der Waals surface area contributed by atoms with Crippen molar-refractivity contribution in [1.29, 1.82) is 0 Å². The molecule has 0 aromatic heterocycles. The summed E-state index contributed by atoms with van der Waals surface area (Å²) in [6.07, 6.45) is 1.81. The highest BCUT2D eigenvalue weighted by molar-refractivity contribution is 5.88. The minimum absolute atomic E-state index is 0.104. The van der Waals surface area contributed by atoms with E-state index in [-0.39, 0.29) is 11.8 Å². The van der Waals surface area contributed by atoms with Crippen molar-refractivity contribution in [3.05, 3.63) is 42.0 Å². The first kappa shape index (κ1) is 15.8. The number of amides is 1. The third kappa shape index (κ3) is 3.48. The molecule has 1 aliphatic heterocycles. The largest absolute Gasteiger partial charge is 0.496 e. The number of rotatable bonds is 4. The number of hydrogen-bond acceptors (Lipinski definition) is 3. The molecule has 2 aromatic rings. The standard InChI is InChI=1S/C19H24N2O2/c1-13-11-15(9-10-20-13)19(22)21-12-17-16-6-4-3-5-14(16)7-8-18(17)23-2/h3-8,13,15,20H,9-12H2,1-2H3,(H,21,22)/t13-,15-/m0/s1. The summed E-state index contributed by atoms with van der Waals surface area (Å²) in [5, 5.41) is 8.78. The van der Waals surface area contributed by atoms with Crippen LogP contribution in [-0.4, -0.2) is 25.6 Å². The normalized spacial score (nSPS) is 21.1. The molecule has 0 unspecified atom stereocenters. The first-order valence-corrected chi connectivity index (χ1v) is 8.24. The number of carbonyl (C=O) groups excluding carboxylic acids is 1. The smallest absolute Gasteiger partial charge is 0.223 e. The average molecular weight is 312 g/mol. The van der Waals surface area contributed by atoms with E-state index in [0.717, 1.165) is 41.5 Å². The molecular formula is C19H24N2O2. The van der Waals surface area contributed by atoms with Gasteiger partial charge in [-0.3, -0.25) is 4.79 Å². The van der Waals surface area contributed by atoms with Gasteiger partial charge in [-0.2, -0.15) is 0 Å². The Morgan fingerprint density at radius 1 is 1.30 bits per heavy atom. The second-order valence-corrected chi connectivity index (χ2v) is 6.26. The molecule has 23 heavy (non-hydrogen) atoms. The van der Waals surface area contributed by atoms with Gasteiger partial charge in [0.25, 0.3) is 0 Å². The molecule has 0 saturated carbocycles. The van der Waals surface area contributed by atoms with Gasteiger partial charge in [0.05, 0.1) is 7.11 Å². The predicted molar refractivity (Wildman–Crippen MR) is 92.5 cm³/mol. The van der Waals surface area contributed by atoms with Crippen LogP contribution >= 0.6 is 0 Å². The lowest BCUT2D eigenvalue weighted by atomic mass is 9.92. The van der Waals surface area contributed by atoms with E-state index in [1.807, 2.05) is 24.3 Å². The molecule has 0 bridgehead atoms. The third-order valence-corrected chi connectivity index (χ3v) is 4.65. The van der Waals surface area contributed by atoms with Gasteiger partial charge in [0.2, 0.25) is 5.91 Å². The van der Waals surface area contributed by atoms with Gasteiger partial charge in [0, 0.05) is 24.1 Å². The summed E-state index contributed by atoms with van der Waals surface area (Å²) in [6.45, 7) is 3.55. The SMILES string of the molecule is COc1ccc2ccccc2c1CNC(=O)[C@H]1CCN[C@@H](C)C1. The van der Waals surface area contributed by atoms with E-state index in [9.17, 15) is 4.79 Å². The van der Waals surface area contributed by atoms with Crippen LogP contribution in [0.15, 0.2) is 36.4 Å². The first-order chi connectivity index (χ1) is 11.2. The Bertz CT molecular complexity index is 699. The molecule has 0 spiro atoms. The molecule has 4 nitrogen and oxygen atoms in total. The van der Waals surface area contributed by atoms with Gasteiger partial charge in [0.1, 0.15) is 5.75 Å². The Morgan fingerprint density at radius 2 is 2.13 bits per heavy atom. The molecular weight excluding hydrogens is 288 g/mol. The molecule has 4 heteroatoms. The van der Waals surface area contributed by atoms with Crippen LogP contribution in [0.25, 0.3) is 10.8 Å². The summed E-state index contributed by atoms with van der Waals surface area (Å²) in [5.41, 5.74) is 1.04. The lowest BCUT2D eigenvalue weighted by molar-refractivity contribution is -0.126. The topological polar surface area (TPSA) is 50.4 Å². The molecule has 122 valence electrons. The van der Waals surface area contributed by atoms with Crippen LogP contribution in [0.2, 0.25) is 0 Å². The van der Waals surface area contributed by atoms with Crippen LogP contribution in [0.5, 0.6) is 5.75 Å². The maximum Gasteiger partial charge on any atom is 0.223 e. The summed E-state index contributed by atoms with van der Waals surface area (Å²) < 4.78 is 5.49. The fraction of sp³-hybridized carbons (Fsp3) is 0.421. The maximum absolute atomic E-state index is 12.5. The lowest BCUT2D eigenvalue weighted by Crippen LogP contribution is -2.42. The van der Waals surface area contributed by atoms with E-state index in [1.54, 1.807) is 7.11 Å². The van der Waals surface area contributed by atoms with E-state index < -0.39 is 0 Å². The highest BCUT2D eigenvalue weighted by Gasteiger charge is 2.24. The summed E-state index contributed by atoms with van der Waals surface area (Å²) in [5.74, 6) is 1.07. The van der Waals surface area contributed by atoms with Crippen LogP contribution in [0.3, 0.4) is 0 Å². The van der Waals surface area contributed by atoms with E-state index in [4.69, 9.17) is 4.74 Å². The third-order valence-electron chi connectivity index (χ3n) is 4.65. The van der Waals surface area contributed by atoms with Gasteiger partial charge < -0.3 is 15.4 Å². The molecule has 1 saturated heterocycles. The number of ether oxygens (including phenoxy) is 1. The van der Waals surface area contributed by atoms with Crippen molar-refractivity contribution >= 4 is 16.7 Å². The number of hydrogen-bond donors (Lipinski definition) is 2. The zero-order valence-corrected chi connectivity index (χ0v) is 13.8. The molecule has 2 aromatic carbocycles. The Morgan fingerprint density at radius 3 is 2.91 bits per heavy atom. The van der Waals surface area contributed by atoms with Gasteiger partial charge in [0.15, 0.2) is 0 Å². The van der Waals surface area contributed by atoms with E-state index in [0.29, 0.717) is 12.6 Å². The van der Waals surface area contributed by atoms with Gasteiger partial charge in [-0.15, -0.1) is 0 Å². The number of piperidine rings is 1. The average Bonchev–Trinajstić information content (AvgIpc) is 2.59. The van der Waals surface area contributed by atoms with Crippen molar-refractivity contribution in [2.45, 2.75) is 32.4 Å². The van der Waals surface area contributed by atoms with E-state index in [2.05, 4.69) is 29.7 Å². The van der Waals surface area contributed by atoms with Crippen LogP contribution in [0.1, 0.15) is 25.3 Å². The van der Waals surface area contributed by atoms with Crippen molar-refractivity contribution in [2.75, 3.05) is 13.7 Å². The van der Waals surface area contributed by atoms with Crippen molar-refractivity contribution in [1.82, 2.24) is 10.6 Å². The Balaban J connectivity index is 1.77. The quantitative estimate of drug-likeness (QED) is 0.913. The minimum atomic E-state index is 0.104. The number of benzene rings is 2. The van der Waals surface area contributed by atoms with Crippen LogP contribution < -0.4 is 15.4 Å². The summed E-state index contributed by atoms with van der Waals surface area (Å²) in [7, 11) is 1.67. The van der Waals surface area contributed by atoms with Gasteiger partial charge in [-0.25, -0.2) is 0 Å². The zero-order valence-electron chi connectivity index (χ0n) is 13.8. The Hall–Kier alpha value is -2.07. The number of nitrogens with one attached hydrogen (secondary N) is 2. The second-order valence-electron chi connectivity index (χ2n) is 6.26. The summed E-state index contributed by atoms with van der Waals surface area (Å²) >= 11 is 0. The van der Waals surface area contributed by atoms with Crippen molar-refractivity contribution < 1.29 is 9.53 Å². The van der Waals surface area contributed by atoms with Gasteiger partial charge >= 0.3 is 0 Å². The van der Waals surface area contributed by atoms with Gasteiger partial charge in [-0.1, -0.05) is 30.3 Å². The molecule has 3 rings (SSSR count). The number of carbonyl (C=O) groups is 1. The van der Waals surface area contributed by atoms with Crippen LogP contribution in [0, 0.1) is 5.92 Å². The van der Waals surface area contributed by atoms with Crippen LogP contribution in [-0.2, 0) is 11.3 Å². The summed E-state index contributed by atoms with van der Waals surface area (Å²) in [4.78, 5) is 12.5. The number of methoxy groups -OCH3 is 1. The highest BCUT2D eigenvalue weighted by Crippen LogP contribution is 2.28. The highest BCUT2D eigenvalue weighted by atomic mass is 16.5. The fourth-order valence-corrected chi connectivity index (χ4v) is 3.38. The lowest BCUT2D eigenvalue weighted by Gasteiger charge is -2.27. The molecule has 0 aliphatic carbocycles. The van der Waals surface area contributed by atoms with Crippen molar-refractivity contribution in [3.8, 4) is 5.75 Å². The van der Waals surface area contributed by atoms with Crippen molar-refractivity contribution in [3.63, 3.8) is 0 Å². The molecule has 1 fully saturated rings. The fourth-order valence-electron chi connectivity index (χ4n) is 3.38. The van der Waals surface area contributed by atoms with E-state index >= 15 is 0 Å². The number of fused-ring (bicyclic) bond motifs is 1. The second kappa shape index (κ2) is 7.01. The summed E-state index contributed by atoms with van der Waals surface area (Å²) in [6, 6.07) is 12.6. The monoisotopic (exact) mass is 312 g/mol. The molecule has 2 atom stereocenters. The van der Waals surface area contributed by atoms with Crippen LogP contribution in [0.4, 0.5) is 0 Å². The van der Waals surface area contributed by atoms with E-state index in [1.165, 1.54) is 0 Å². The first-order valence-electron chi connectivity index (χ1n) is 8.24. The molecule has 1 heterocycles. The molecule has 2 N–H and O–H groups in total. The zero-order chi connectivity index (χ0) is 16.2. The molecule has 1 aliphatic rings. The van der Waals surface area contributed by atoms with Gasteiger partial charge in [-0.05, 0) is 43.1 Å². The molecule has 1 amide bonds. The predicted octanol–water partition coefficient (Wildman–Crippen LogP) is 2.85. The maximum atomic E-state index is 12.5. The molecule has 0 radical (unpaired) electrons. The van der Waals surface area contributed by atoms with Crippen molar-refractivity contribution in [2.24, 2.45) is 5.92 Å². The minimum Gasteiger partial charge on any atom is -0.496 e. The Labute approximate surface area is 137 Å².